The second-order valence-electron chi connectivity index (χ2n) is 6.55. The Morgan fingerprint density at radius 2 is 1.75 bits per heavy atom. The Kier molecular flexibility index (Phi) is 3.57. The van der Waals surface area contributed by atoms with E-state index in [1.54, 1.807) is 4.90 Å². The molecule has 2 atom stereocenters. The summed E-state index contributed by atoms with van der Waals surface area (Å²) in [5.41, 5.74) is 4.40. The number of ketones is 1. The zero-order valence-corrected chi connectivity index (χ0v) is 13.6. The lowest BCUT2D eigenvalue weighted by molar-refractivity contribution is -0.135. The van der Waals surface area contributed by atoms with E-state index in [4.69, 9.17) is 0 Å². The van der Waals surface area contributed by atoms with Gasteiger partial charge in [-0.25, -0.2) is 0 Å². The van der Waals surface area contributed by atoms with E-state index >= 15 is 0 Å². The smallest absolute Gasteiger partial charge is 0.219 e. The second-order valence-corrected chi connectivity index (χ2v) is 6.55. The molecule has 4 rings (SSSR count). The van der Waals surface area contributed by atoms with Gasteiger partial charge in [0.25, 0.3) is 0 Å². The highest BCUT2D eigenvalue weighted by molar-refractivity contribution is 6.04. The summed E-state index contributed by atoms with van der Waals surface area (Å²) >= 11 is 0. The minimum Gasteiger partial charge on any atom is -0.335 e. The molecule has 0 N–H and O–H groups in total. The summed E-state index contributed by atoms with van der Waals surface area (Å²) < 4.78 is 0. The molecule has 0 radical (unpaired) electrons. The van der Waals surface area contributed by atoms with Crippen LogP contribution in [0.1, 0.15) is 29.5 Å². The van der Waals surface area contributed by atoms with E-state index in [2.05, 4.69) is 24.3 Å². The van der Waals surface area contributed by atoms with Crippen LogP contribution in [0, 0.1) is 5.92 Å². The number of benzene rings is 2. The first-order valence-electron chi connectivity index (χ1n) is 8.29. The van der Waals surface area contributed by atoms with E-state index in [0.29, 0.717) is 6.54 Å². The van der Waals surface area contributed by atoms with Crippen molar-refractivity contribution in [2.75, 3.05) is 13.1 Å². The Hall–Kier alpha value is -2.68. The largest absolute Gasteiger partial charge is 0.335 e. The highest BCUT2D eigenvalue weighted by Crippen LogP contribution is 2.44. The highest BCUT2D eigenvalue weighted by Gasteiger charge is 2.40. The third-order valence-electron chi connectivity index (χ3n) is 5.12. The van der Waals surface area contributed by atoms with Crippen LogP contribution in [0.4, 0.5) is 0 Å². The molecule has 1 aliphatic carbocycles. The Bertz CT molecular complexity index is 838. The lowest BCUT2D eigenvalue weighted by atomic mass is 9.69. The molecule has 24 heavy (non-hydrogen) atoms. The van der Waals surface area contributed by atoms with Gasteiger partial charge in [-0.05, 0) is 22.8 Å². The maximum absolute atomic E-state index is 12.7. The molecule has 1 saturated heterocycles. The first-order valence-corrected chi connectivity index (χ1v) is 8.29. The predicted molar refractivity (Wildman–Crippen MR) is 93.5 cm³/mol. The third kappa shape index (κ3) is 2.37. The topological polar surface area (TPSA) is 37.4 Å². The van der Waals surface area contributed by atoms with E-state index < -0.39 is 0 Å². The van der Waals surface area contributed by atoms with Gasteiger partial charge in [-0.1, -0.05) is 54.6 Å². The number of rotatable bonds is 1. The van der Waals surface area contributed by atoms with Crippen molar-refractivity contribution < 1.29 is 9.59 Å². The van der Waals surface area contributed by atoms with Crippen molar-refractivity contribution in [3.05, 3.63) is 76.9 Å². The van der Waals surface area contributed by atoms with Gasteiger partial charge in [0.15, 0.2) is 5.78 Å². The lowest BCUT2D eigenvalue weighted by Gasteiger charge is -2.41. The molecule has 0 saturated carbocycles. The van der Waals surface area contributed by atoms with Crippen molar-refractivity contribution in [1.82, 2.24) is 4.90 Å². The third-order valence-corrected chi connectivity index (χ3v) is 5.12. The second kappa shape index (κ2) is 5.75. The lowest BCUT2D eigenvalue weighted by Crippen LogP contribution is -2.47. The number of piperidine rings is 1. The summed E-state index contributed by atoms with van der Waals surface area (Å²) in [5.74, 6) is 0.158. The molecule has 1 amide bonds. The fourth-order valence-corrected chi connectivity index (χ4v) is 3.97. The van der Waals surface area contributed by atoms with Crippen LogP contribution in [-0.2, 0) is 9.59 Å². The number of fused-ring (bicyclic) bond motifs is 2. The van der Waals surface area contributed by atoms with Gasteiger partial charge in [-0.2, -0.15) is 0 Å². The van der Waals surface area contributed by atoms with Crippen molar-refractivity contribution in [3.8, 4) is 0 Å². The molecule has 2 aromatic carbocycles. The van der Waals surface area contributed by atoms with Crippen molar-refractivity contribution in [2.45, 2.75) is 12.8 Å². The fourth-order valence-electron chi connectivity index (χ4n) is 3.97. The Balaban J connectivity index is 1.88. The van der Waals surface area contributed by atoms with E-state index in [9.17, 15) is 9.59 Å². The van der Waals surface area contributed by atoms with Crippen molar-refractivity contribution in [2.24, 2.45) is 5.92 Å². The van der Waals surface area contributed by atoms with Crippen LogP contribution in [-0.4, -0.2) is 29.7 Å². The van der Waals surface area contributed by atoms with Gasteiger partial charge in [0.05, 0.1) is 6.54 Å². The van der Waals surface area contributed by atoms with Crippen molar-refractivity contribution in [1.29, 1.82) is 0 Å². The van der Waals surface area contributed by atoms with Crippen molar-refractivity contribution >= 4 is 17.8 Å². The van der Waals surface area contributed by atoms with Crippen molar-refractivity contribution in [3.63, 3.8) is 0 Å². The van der Waals surface area contributed by atoms with Gasteiger partial charge in [-0.15, -0.1) is 0 Å². The zero-order chi connectivity index (χ0) is 16.7. The summed E-state index contributed by atoms with van der Waals surface area (Å²) in [4.78, 5) is 26.2. The molecule has 1 heterocycles. The maximum Gasteiger partial charge on any atom is 0.219 e. The summed E-state index contributed by atoms with van der Waals surface area (Å²) in [7, 11) is 0. The minimum absolute atomic E-state index is 0.0208. The average Bonchev–Trinajstić information content (AvgIpc) is 2.60. The molecule has 1 aliphatic heterocycles. The fraction of sp³-hybridized carbons (Fsp3) is 0.238. The average molecular weight is 317 g/mol. The molecular weight excluding hydrogens is 298 g/mol. The van der Waals surface area contributed by atoms with Gasteiger partial charge in [0.2, 0.25) is 5.91 Å². The number of likely N-dealkylation sites (tertiary alicyclic amines) is 1. The van der Waals surface area contributed by atoms with Crippen LogP contribution in [0.5, 0.6) is 0 Å². The van der Waals surface area contributed by atoms with Gasteiger partial charge in [0.1, 0.15) is 0 Å². The number of amides is 1. The van der Waals surface area contributed by atoms with Gasteiger partial charge < -0.3 is 4.90 Å². The normalized spacial score (nSPS) is 22.5. The summed E-state index contributed by atoms with van der Waals surface area (Å²) in [5, 5.41) is 0. The molecule has 0 spiro atoms. The molecule has 0 bridgehead atoms. The number of Topliss-reactive ketones (excluding diaryl/α,β-unsaturated/α-hetero) is 1. The Morgan fingerprint density at radius 1 is 1.04 bits per heavy atom. The minimum atomic E-state index is -0.0342. The molecular formula is C21H19NO2. The molecule has 2 aliphatic rings. The van der Waals surface area contributed by atoms with Crippen LogP contribution in [0.2, 0.25) is 0 Å². The summed E-state index contributed by atoms with van der Waals surface area (Å²) in [6.07, 6.45) is 2.03. The van der Waals surface area contributed by atoms with E-state index in [-0.39, 0.29) is 30.1 Å². The molecule has 0 unspecified atom stereocenters. The van der Waals surface area contributed by atoms with E-state index in [1.807, 2.05) is 36.4 Å². The maximum atomic E-state index is 12.7. The standard InChI is InChI=1S/C21H19NO2/c1-14(23)22-12-19-18(20(24)13-22)11-16-9-5-6-10-17(16)21(19)15-7-3-2-4-8-15/h2-11,19,21H,12-13H2,1H3/t19-,21-/m1/s1. The number of carbonyl (C=O) groups excluding carboxylic acids is 2. The quantitative estimate of drug-likeness (QED) is 0.809. The monoisotopic (exact) mass is 317 g/mol. The first kappa shape index (κ1) is 14.9. The highest BCUT2D eigenvalue weighted by atomic mass is 16.2. The predicted octanol–water partition coefficient (Wildman–Crippen LogP) is 3.26. The number of hydrogen-bond acceptors (Lipinski definition) is 2. The first-order chi connectivity index (χ1) is 11.6. The van der Waals surface area contributed by atoms with E-state index in [0.717, 1.165) is 11.1 Å². The Morgan fingerprint density at radius 3 is 2.50 bits per heavy atom. The van der Waals surface area contributed by atoms with Crippen LogP contribution >= 0.6 is 0 Å². The van der Waals surface area contributed by atoms with Crippen LogP contribution in [0.15, 0.2) is 60.2 Å². The van der Waals surface area contributed by atoms with Crippen LogP contribution in [0.25, 0.3) is 6.08 Å². The molecule has 1 fully saturated rings. The number of nitrogens with zero attached hydrogens (tertiary/aromatic N) is 1. The molecule has 2 aromatic rings. The number of carbonyl (C=O) groups is 2. The molecule has 3 nitrogen and oxygen atoms in total. The summed E-state index contributed by atoms with van der Waals surface area (Å²) in [6, 6.07) is 18.5. The van der Waals surface area contributed by atoms with Gasteiger partial charge >= 0.3 is 0 Å². The van der Waals surface area contributed by atoms with E-state index in [1.165, 1.54) is 18.1 Å². The van der Waals surface area contributed by atoms with Crippen LogP contribution in [0.3, 0.4) is 0 Å². The van der Waals surface area contributed by atoms with Gasteiger partial charge in [-0.3, -0.25) is 9.59 Å². The van der Waals surface area contributed by atoms with Crippen LogP contribution < -0.4 is 0 Å². The molecule has 0 aromatic heterocycles. The molecule has 3 heteroatoms. The molecule has 120 valence electrons. The Labute approximate surface area is 141 Å². The zero-order valence-electron chi connectivity index (χ0n) is 13.6. The number of hydrogen-bond donors (Lipinski definition) is 0. The SMILES string of the molecule is CC(=O)N1CC(=O)C2=Cc3ccccc3[C@@H](c3ccccc3)[C@@H]2C1. The van der Waals surface area contributed by atoms with Gasteiger partial charge in [0, 0.05) is 30.9 Å². The summed E-state index contributed by atoms with van der Waals surface area (Å²) in [6.45, 7) is 2.33.